The lowest BCUT2D eigenvalue weighted by Crippen LogP contribution is -2.33. The number of hydrogen-bond acceptors (Lipinski definition) is 3. The highest BCUT2D eigenvalue weighted by Gasteiger charge is 2.44. The van der Waals surface area contributed by atoms with E-state index in [1.807, 2.05) is 31.4 Å². The van der Waals surface area contributed by atoms with Gasteiger partial charge in [-0.1, -0.05) is 24.3 Å². The summed E-state index contributed by atoms with van der Waals surface area (Å²) in [5.41, 5.74) is 0. The Morgan fingerprint density at radius 3 is 2.25 bits per heavy atom. The van der Waals surface area contributed by atoms with E-state index in [1.165, 1.54) is 4.90 Å². The number of nitrogens with zero attached hydrogens (tertiary/aromatic N) is 1. The molecule has 16 heavy (non-hydrogen) atoms. The van der Waals surface area contributed by atoms with Crippen molar-refractivity contribution in [3.63, 3.8) is 0 Å². The van der Waals surface area contributed by atoms with Crippen LogP contribution in [0.3, 0.4) is 0 Å². The summed E-state index contributed by atoms with van der Waals surface area (Å²) < 4.78 is 0. The molecule has 0 aromatic rings. The molecule has 1 fully saturated rings. The third-order valence-electron chi connectivity index (χ3n) is 3.05. The van der Waals surface area contributed by atoms with Gasteiger partial charge in [0.25, 0.3) is 0 Å². The quantitative estimate of drug-likeness (QED) is 0.548. The van der Waals surface area contributed by atoms with Crippen LogP contribution in [-0.4, -0.2) is 36.9 Å². The number of amides is 2. The lowest BCUT2D eigenvalue weighted by atomic mass is 9.91. The van der Waals surface area contributed by atoms with Crippen LogP contribution in [0.4, 0.5) is 0 Å². The van der Waals surface area contributed by atoms with Crippen LogP contribution in [0.15, 0.2) is 24.3 Å². The second kappa shape index (κ2) is 4.61. The van der Waals surface area contributed by atoms with E-state index < -0.39 is 0 Å². The highest BCUT2D eigenvalue weighted by Crippen LogP contribution is 2.30. The smallest absolute Gasteiger partial charge is 0.237 e. The molecule has 2 atom stereocenters. The van der Waals surface area contributed by atoms with Crippen LogP contribution in [0.1, 0.15) is 6.42 Å². The van der Waals surface area contributed by atoms with E-state index in [-0.39, 0.29) is 23.7 Å². The number of fused-ring (bicyclic) bond motifs is 1. The van der Waals surface area contributed by atoms with Crippen molar-refractivity contribution in [3.05, 3.63) is 24.3 Å². The van der Waals surface area contributed by atoms with Gasteiger partial charge in [0.15, 0.2) is 0 Å². The monoisotopic (exact) mass is 220 g/mol. The molecule has 0 aromatic heterocycles. The molecule has 4 nitrogen and oxygen atoms in total. The summed E-state index contributed by atoms with van der Waals surface area (Å²) in [6.07, 6.45) is 8.12. The molecule has 4 heteroatoms. The van der Waals surface area contributed by atoms with Crippen LogP contribution in [0.2, 0.25) is 0 Å². The average molecular weight is 220 g/mol. The molecule has 2 rings (SSSR count). The van der Waals surface area contributed by atoms with E-state index in [9.17, 15) is 9.59 Å². The van der Waals surface area contributed by atoms with E-state index in [2.05, 4.69) is 5.32 Å². The van der Waals surface area contributed by atoms with Gasteiger partial charge in [0.2, 0.25) is 11.8 Å². The van der Waals surface area contributed by atoms with Crippen LogP contribution >= 0.6 is 0 Å². The maximum absolute atomic E-state index is 11.9. The highest BCUT2D eigenvalue weighted by atomic mass is 16.2. The Hall–Kier alpha value is -1.42. The van der Waals surface area contributed by atoms with Crippen LogP contribution in [0.25, 0.3) is 0 Å². The molecule has 2 unspecified atom stereocenters. The number of allylic oxidation sites excluding steroid dienone is 2. The molecular formula is C12H16N2O2. The second-order valence-electron chi connectivity index (χ2n) is 4.11. The van der Waals surface area contributed by atoms with Crippen LogP contribution in [-0.2, 0) is 9.59 Å². The zero-order valence-electron chi connectivity index (χ0n) is 9.35. The van der Waals surface area contributed by atoms with Gasteiger partial charge in [0, 0.05) is 6.54 Å². The molecule has 1 aliphatic heterocycles. The van der Waals surface area contributed by atoms with Crippen molar-refractivity contribution in [1.82, 2.24) is 10.2 Å². The number of hydrogen-bond donors (Lipinski definition) is 1. The van der Waals surface area contributed by atoms with E-state index in [1.54, 1.807) is 0 Å². The third-order valence-corrected chi connectivity index (χ3v) is 3.05. The topological polar surface area (TPSA) is 49.4 Å². The molecule has 2 aliphatic rings. The Balaban J connectivity index is 2.05. The van der Waals surface area contributed by atoms with Gasteiger partial charge in [0.05, 0.1) is 11.8 Å². The molecule has 0 saturated carbocycles. The molecule has 0 radical (unpaired) electrons. The number of carbonyl (C=O) groups excluding carboxylic acids is 2. The Bertz CT molecular complexity index is 330. The second-order valence-corrected chi connectivity index (χ2v) is 4.11. The minimum Gasteiger partial charge on any atom is -0.320 e. The number of imide groups is 1. The number of rotatable bonds is 4. The fraction of sp³-hybridized carbons (Fsp3) is 0.500. The predicted molar refractivity (Wildman–Crippen MR) is 60.5 cm³/mol. The van der Waals surface area contributed by atoms with Gasteiger partial charge in [0.1, 0.15) is 0 Å². The largest absolute Gasteiger partial charge is 0.320 e. The summed E-state index contributed by atoms with van der Waals surface area (Å²) in [6.45, 7) is 1.34. The maximum atomic E-state index is 11.9. The lowest BCUT2D eigenvalue weighted by Gasteiger charge is -2.13. The van der Waals surface area contributed by atoms with Crippen LogP contribution in [0, 0.1) is 11.8 Å². The van der Waals surface area contributed by atoms with Crippen molar-refractivity contribution in [3.8, 4) is 0 Å². The van der Waals surface area contributed by atoms with E-state index in [0.29, 0.717) is 6.54 Å². The maximum Gasteiger partial charge on any atom is 0.237 e. The summed E-state index contributed by atoms with van der Waals surface area (Å²) in [5.74, 6) is -0.613. The summed E-state index contributed by atoms with van der Waals surface area (Å²) in [6, 6.07) is 0. The summed E-state index contributed by atoms with van der Waals surface area (Å²) in [5, 5.41) is 3.01. The van der Waals surface area contributed by atoms with Crippen molar-refractivity contribution in [1.29, 1.82) is 0 Å². The molecule has 1 N–H and O–H groups in total. The van der Waals surface area contributed by atoms with Gasteiger partial charge in [-0.15, -0.1) is 0 Å². The predicted octanol–water partition coefficient (Wildman–Crippen LogP) is 0.323. The Morgan fingerprint density at radius 1 is 1.19 bits per heavy atom. The summed E-state index contributed by atoms with van der Waals surface area (Å²) in [4.78, 5) is 25.3. The normalized spacial score (nSPS) is 27.7. The van der Waals surface area contributed by atoms with Crippen molar-refractivity contribution in [2.75, 3.05) is 20.1 Å². The summed E-state index contributed by atoms with van der Waals surface area (Å²) >= 11 is 0. The number of nitrogens with one attached hydrogen (secondary N) is 1. The molecule has 2 amide bonds. The van der Waals surface area contributed by atoms with Gasteiger partial charge in [-0.2, -0.15) is 0 Å². The van der Waals surface area contributed by atoms with Gasteiger partial charge < -0.3 is 5.32 Å². The zero-order chi connectivity index (χ0) is 11.5. The Morgan fingerprint density at radius 2 is 1.75 bits per heavy atom. The van der Waals surface area contributed by atoms with E-state index >= 15 is 0 Å². The first kappa shape index (κ1) is 11.1. The van der Waals surface area contributed by atoms with Crippen LogP contribution in [0.5, 0.6) is 0 Å². The Kier molecular flexibility index (Phi) is 3.19. The Labute approximate surface area is 95.0 Å². The minimum atomic E-state index is -0.257. The highest BCUT2D eigenvalue weighted by molar-refractivity contribution is 6.07. The molecule has 0 spiro atoms. The fourth-order valence-electron chi connectivity index (χ4n) is 2.18. The molecular weight excluding hydrogens is 204 g/mol. The lowest BCUT2D eigenvalue weighted by molar-refractivity contribution is -0.139. The molecule has 1 heterocycles. The standard InChI is InChI=1S/C12H16N2O2/c1-13-7-4-8-14-11(15)9-5-2-3-6-10(9)12(14)16/h2-3,5-6,9-10,13H,4,7-8H2,1H3. The van der Waals surface area contributed by atoms with Crippen molar-refractivity contribution in [2.24, 2.45) is 11.8 Å². The van der Waals surface area contributed by atoms with Gasteiger partial charge >= 0.3 is 0 Å². The molecule has 0 aromatic carbocycles. The van der Waals surface area contributed by atoms with Gasteiger partial charge in [-0.3, -0.25) is 14.5 Å². The zero-order valence-corrected chi connectivity index (χ0v) is 9.35. The summed E-state index contributed by atoms with van der Waals surface area (Å²) in [7, 11) is 1.86. The first-order valence-corrected chi connectivity index (χ1v) is 5.60. The molecule has 86 valence electrons. The fourth-order valence-corrected chi connectivity index (χ4v) is 2.18. The SMILES string of the molecule is CNCCCN1C(=O)C2C=CC=CC2C1=O. The number of carbonyl (C=O) groups is 2. The van der Waals surface area contributed by atoms with E-state index in [4.69, 9.17) is 0 Å². The molecule has 1 saturated heterocycles. The average Bonchev–Trinajstić information content (AvgIpc) is 2.55. The molecule has 1 aliphatic carbocycles. The first-order chi connectivity index (χ1) is 7.75. The van der Waals surface area contributed by atoms with Crippen molar-refractivity contribution >= 4 is 11.8 Å². The van der Waals surface area contributed by atoms with Crippen LogP contribution < -0.4 is 5.32 Å². The van der Waals surface area contributed by atoms with Crippen molar-refractivity contribution < 1.29 is 9.59 Å². The number of likely N-dealkylation sites (tertiary alicyclic amines) is 1. The van der Waals surface area contributed by atoms with Crippen molar-refractivity contribution in [2.45, 2.75) is 6.42 Å². The van der Waals surface area contributed by atoms with Gasteiger partial charge in [-0.25, -0.2) is 0 Å². The minimum absolute atomic E-state index is 0.0493. The first-order valence-electron chi connectivity index (χ1n) is 5.60. The molecule has 0 bridgehead atoms. The van der Waals surface area contributed by atoms with E-state index in [0.717, 1.165) is 13.0 Å². The van der Waals surface area contributed by atoms with Gasteiger partial charge in [-0.05, 0) is 20.0 Å². The third kappa shape index (κ3) is 1.80.